The number of amides is 1. The molecule has 1 aliphatic rings. The summed E-state index contributed by atoms with van der Waals surface area (Å²) in [6, 6.07) is 0. The Hall–Kier alpha value is 3.84. The van der Waals surface area contributed by atoms with Crippen LogP contribution in [0.25, 0.3) is 0 Å². The number of carbonyl (C=O) groups excluding carboxylic acids is 2. The van der Waals surface area contributed by atoms with E-state index in [0.29, 0.717) is 18.2 Å². The molecule has 0 bridgehead atoms. The number of nitrogens with zero attached hydrogens (tertiary/aromatic N) is 1. The first kappa shape index (κ1) is 32.5. The van der Waals surface area contributed by atoms with Crippen molar-refractivity contribution in [1.29, 1.82) is 0 Å². The van der Waals surface area contributed by atoms with E-state index in [1.54, 1.807) is 13.1 Å². The van der Waals surface area contributed by atoms with E-state index >= 15 is 0 Å². The number of ether oxygens (including phenoxy) is 1. The Kier molecular flexibility index (Phi) is 24.8. The van der Waals surface area contributed by atoms with Crippen LogP contribution in [0.2, 0.25) is 0 Å². The molecule has 0 N–H and O–H groups in total. The average molecular weight is 660 g/mol. The molecule has 21 heavy (non-hydrogen) atoms. The molecule has 1 fully saturated rings. The van der Waals surface area contributed by atoms with Gasteiger partial charge in [0.05, 0.1) is 5.33 Å². The van der Waals surface area contributed by atoms with Gasteiger partial charge in [0.1, 0.15) is 11.4 Å². The average Bonchev–Trinajstić information content (AvgIpc) is 2.26. The van der Waals surface area contributed by atoms with Crippen molar-refractivity contribution in [3.8, 4) is 0 Å². The van der Waals surface area contributed by atoms with Gasteiger partial charge in [0, 0.05) is 131 Å². The molecule has 1 aliphatic heterocycles. The number of ketones is 1. The molecule has 0 spiro atoms. The number of carbonyl (C=O) groups is 2. The molecule has 1 rings (SSSR count). The molecule has 0 aromatic carbocycles. The van der Waals surface area contributed by atoms with Crippen LogP contribution in [-0.2, 0) is 140 Å². The zero-order valence-corrected chi connectivity index (χ0v) is 25.7. The third-order valence-electron chi connectivity index (χ3n) is 2.36. The number of Topliss-reactive ketones (excluding diaryl/α,β-unsaturated/α-hetero) is 1. The summed E-state index contributed by atoms with van der Waals surface area (Å²) in [6.45, 7) is 8.90. The van der Waals surface area contributed by atoms with Gasteiger partial charge in [-0.15, -0.1) is 0 Å². The Labute approximate surface area is 236 Å². The first-order valence-corrected chi connectivity index (χ1v) is 6.72. The molecule has 110 valence electrons. The van der Waals surface area contributed by atoms with Gasteiger partial charge in [0.2, 0.25) is 0 Å². The minimum Gasteiger partial charge on any atom is -0.602 e. The SMILES string of the molecule is CC(C)(C)OC(=O)N1[CH-]CC(C(=O)CBr)C[CH-]1.[Y].[Y].[Y].[Y]. The van der Waals surface area contributed by atoms with Gasteiger partial charge in [-0.25, -0.2) is 4.79 Å². The number of hydrogen-bond acceptors (Lipinski definition) is 3. The van der Waals surface area contributed by atoms with Gasteiger partial charge in [-0.05, 0) is 26.7 Å². The number of hydrogen-bond donors (Lipinski definition) is 0. The standard InChI is InChI=1S/C12H18BrNO3.4Y/c1-12(2,3)17-11(16)14-6-4-9(5-7-14)10(15)8-13;;;;/h6-7,9H,4-5,8H2,1-3H3;;;;/q-2;;;;. The van der Waals surface area contributed by atoms with Crippen molar-refractivity contribution in [2.75, 3.05) is 5.33 Å². The predicted molar refractivity (Wildman–Crippen MR) is 68.2 cm³/mol. The minimum atomic E-state index is -0.499. The van der Waals surface area contributed by atoms with E-state index < -0.39 is 5.60 Å². The van der Waals surface area contributed by atoms with Crippen molar-refractivity contribution < 1.29 is 145 Å². The van der Waals surface area contributed by atoms with Crippen LogP contribution in [0.1, 0.15) is 33.6 Å². The molecular weight excluding hydrogens is 642 g/mol. The second-order valence-corrected chi connectivity index (χ2v) is 5.58. The van der Waals surface area contributed by atoms with Gasteiger partial charge in [-0.3, -0.25) is 17.9 Å². The van der Waals surface area contributed by atoms with E-state index in [4.69, 9.17) is 4.74 Å². The van der Waals surface area contributed by atoms with E-state index in [1.807, 2.05) is 20.8 Å². The molecule has 0 aromatic heterocycles. The molecule has 4 radical (unpaired) electrons. The van der Waals surface area contributed by atoms with Crippen molar-refractivity contribution in [2.45, 2.75) is 39.2 Å². The number of rotatable bonds is 2. The van der Waals surface area contributed by atoms with Gasteiger partial charge in [-0.1, -0.05) is 15.9 Å². The van der Waals surface area contributed by atoms with E-state index in [-0.39, 0.29) is 149 Å². The summed E-state index contributed by atoms with van der Waals surface area (Å²) in [5, 5.41) is 0.367. The Morgan fingerprint density at radius 1 is 1.14 bits per heavy atom. The fourth-order valence-electron chi connectivity index (χ4n) is 1.49. The second kappa shape index (κ2) is 16.0. The molecule has 9 heteroatoms. The third-order valence-corrected chi connectivity index (χ3v) is 2.92. The maximum absolute atomic E-state index is 11.7. The summed E-state index contributed by atoms with van der Waals surface area (Å²) >= 11 is 3.15. The van der Waals surface area contributed by atoms with E-state index in [1.165, 1.54) is 4.90 Å². The van der Waals surface area contributed by atoms with Gasteiger partial charge >= 0.3 is 6.09 Å². The molecule has 0 atom stereocenters. The normalized spacial score (nSPS) is 14.6. The van der Waals surface area contributed by atoms with Crippen LogP contribution >= 0.6 is 15.9 Å². The number of alkyl halides is 1. The Morgan fingerprint density at radius 2 is 1.57 bits per heavy atom. The van der Waals surface area contributed by atoms with Crippen LogP contribution < -0.4 is 0 Å². The van der Waals surface area contributed by atoms with Crippen LogP contribution in [-0.4, -0.2) is 27.7 Å². The van der Waals surface area contributed by atoms with E-state index in [0.717, 1.165) is 0 Å². The molecule has 0 saturated carbocycles. The van der Waals surface area contributed by atoms with Gasteiger partial charge in [0.25, 0.3) is 0 Å². The molecule has 0 aromatic rings. The summed E-state index contributed by atoms with van der Waals surface area (Å²) in [5.41, 5.74) is -0.499. The summed E-state index contributed by atoms with van der Waals surface area (Å²) in [4.78, 5) is 24.6. The fraction of sp³-hybridized carbons (Fsp3) is 0.667. The van der Waals surface area contributed by atoms with Crippen LogP contribution in [0, 0.1) is 19.0 Å². The topological polar surface area (TPSA) is 46.6 Å². The summed E-state index contributed by atoms with van der Waals surface area (Å²) < 4.78 is 5.23. The van der Waals surface area contributed by atoms with Crippen molar-refractivity contribution in [1.82, 2.24) is 4.90 Å². The molecule has 1 heterocycles. The Balaban J connectivity index is -0.000000361. The van der Waals surface area contributed by atoms with Crippen molar-refractivity contribution in [2.24, 2.45) is 5.92 Å². The van der Waals surface area contributed by atoms with Crippen molar-refractivity contribution in [3.05, 3.63) is 13.1 Å². The smallest absolute Gasteiger partial charge is 0.352 e. The Morgan fingerprint density at radius 3 is 1.90 bits per heavy atom. The fourth-order valence-corrected chi connectivity index (χ4v) is 1.95. The maximum Gasteiger partial charge on any atom is 0.352 e. The third kappa shape index (κ3) is 13.7. The van der Waals surface area contributed by atoms with Crippen LogP contribution in [0.3, 0.4) is 0 Å². The van der Waals surface area contributed by atoms with Gasteiger partial charge in [-0.2, -0.15) is 12.8 Å². The largest absolute Gasteiger partial charge is 0.602 e. The Bertz CT molecular complexity index is 305. The van der Waals surface area contributed by atoms with Gasteiger partial charge in [0.15, 0.2) is 0 Å². The quantitative estimate of drug-likeness (QED) is 0.339. The van der Waals surface area contributed by atoms with E-state index in [2.05, 4.69) is 15.9 Å². The first-order chi connectivity index (χ1) is 7.83. The van der Waals surface area contributed by atoms with Crippen molar-refractivity contribution in [3.63, 3.8) is 0 Å². The van der Waals surface area contributed by atoms with E-state index in [9.17, 15) is 9.59 Å². The summed E-state index contributed by atoms with van der Waals surface area (Å²) in [6.07, 6.45) is 0.780. The molecule has 1 amide bonds. The van der Waals surface area contributed by atoms with Crippen LogP contribution in [0.15, 0.2) is 0 Å². The number of halogens is 1. The first-order valence-electron chi connectivity index (χ1n) is 5.60. The zero-order valence-electron chi connectivity index (χ0n) is 12.7. The van der Waals surface area contributed by atoms with Gasteiger partial charge < -0.3 is 9.64 Å². The number of piperidine rings is 1. The minimum absolute atomic E-state index is 0. The van der Waals surface area contributed by atoms with Crippen LogP contribution in [0.5, 0.6) is 0 Å². The number of likely N-dealkylation sites (tertiary alicyclic amines) is 1. The predicted octanol–water partition coefficient (Wildman–Crippen LogP) is 2.91. The summed E-state index contributed by atoms with van der Waals surface area (Å²) in [5.74, 6) is 0.148. The molecule has 4 nitrogen and oxygen atoms in total. The summed E-state index contributed by atoms with van der Waals surface area (Å²) in [7, 11) is 0. The second-order valence-electron chi connectivity index (χ2n) is 5.02. The maximum atomic E-state index is 11.7. The zero-order chi connectivity index (χ0) is 13.1. The molecule has 0 aliphatic carbocycles. The molecule has 1 saturated heterocycles. The molecule has 0 unspecified atom stereocenters. The van der Waals surface area contributed by atoms with Crippen molar-refractivity contribution >= 4 is 27.8 Å². The monoisotopic (exact) mass is 659 g/mol. The van der Waals surface area contributed by atoms with Crippen LogP contribution in [0.4, 0.5) is 4.79 Å². The molecular formula is C12H18BrNO3Y4-2.